The number of carbonyl (C=O) groups excluding carboxylic acids is 1. The highest BCUT2D eigenvalue weighted by molar-refractivity contribution is 5.76. The molecule has 2 aliphatic heterocycles. The molecular weight excluding hydrogens is 298 g/mol. The molecule has 0 aromatic carbocycles. The lowest BCUT2D eigenvalue weighted by atomic mass is 10.0. The summed E-state index contributed by atoms with van der Waals surface area (Å²) >= 11 is 0. The summed E-state index contributed by atoms with van der Waals surface area (Å²) in [6, 6.07) is 1.74. The minimum atomic E-state index is -0.306. The number of piperidine rings is 1. The number of amides is 2. The number of aromatic nitrogens is 2. The summed E-state index contributed by atoms with van der Waals surface area (Å²) in [6.07, 6.45) is 2.01. The van der Waals surface area contributed by atoms with Crippen LogP contribution in [0.4, 0.5) is 4.79 Å². The van der Waals surface area contributed by atoms with Crippen LogP contribution in [0.25, 0.3) is 0 Å². The van der Waals surface area contributed by atoms with E-state index in [9.17, 15) is 14.4 Å². The SMILES string of the molecule is Cn1c(CN2CCC[C@H](N3CCNC3=O)C2)cc(=O)n(C)c1=O. The molecule has 0 aliphatic carbocycles. The van der Waals surface area contributed by atoms with Crippen molar-refractivity contribution in [1.29, 1.82) is 0 Å². The van der Waals surface area contributed by atoms with Crippen LogP contribution in [-0.2, 0) is 20.6 Å². The highest BCUT2D eigenvalue weighted by atomic mass is 16.2. The molecule has 2 aliphatic rings. The van der Waals surface area contributed by atoms with E-state index in [1.165, 1.54) is 17.7 Å². The van der Waals surface area contributed by atoms with Crippen LogP contribution in [-0.4, -0.2) is 57.2 Å². The molecule has 8 nitrogen and oxygen atoms in total. The molecule has 0 saturated carbocycles. The number of urea groups is 1. The quantitative estimate of drug-likeness (QED) is 0.780. The van der Waals surface area contributed by atoms with E-state index < -0.39 is 0 Å². The lowest BCUT2D eigenvalue weighted by Crippen LogP contribution is -2.49. The monoisotopic (exact) mass is 321 g/mol. The molecular formula is C15H23N5O3. The number of nitrogens with one attached hydrogen (secondary N) is 1. The van der Waals surface area contributed by atoms with Crippen molar-refractivity contribution in [2.75, 3.05) is 26.2 Å². The second-order valence-electron chi connectivity index (χ2n) is 6.33. The number of likely N-dealkylation sites (tertiary alicyclic amines) is 1. The summed E-state index contributed by atoms with van der Waals surface area (Å²) in [5.41, 5.74) is 0.125. The summed E-state index contributed by atoms with van der Waals surface area (Å²) in [6.45, 7) is 3.69. The Morgan fingerprint density at radius 2 is 1.96 bits per heavy atom. The van der Waals surface area contributed by atoms with E-state index in [2.05, 4.69) is 10.2 Å². The second kappa shape index (κ2) is 6.19. The Balaban J connectivity index is 1.74. The third-order valence-corrected chi connectivity index (χ3v) is 4.82. The molecule has 23 heavy (non-hydrogen) atoms. The predicted molar refractivity (Wildman–Crippen MR) is 85.3 cm³/mol. The average molecular weight is 321 g/mol. The van der Waals surface area contributed by atoms with Gasteiger partial charge < -0.3 is 10.2 Å². The lowest BCUT2D eigenvalue weighted by Gasteiger charge is -2.37. The summed E-state index contributed by atoms with van der Waals surface area (Å²) in [5, 5.41) is 2.84. The molecule has 3 rings (SSSR count). The van der Waals surface area contributed by atoms with Crippen molar-refractivity contribution in [3.8, 4) is 0 Å². The lowest BCUT2D eigenvalue weighted by molar-refractivity contribution is 0.120. The van der Waals surface area contributed by atoms with Gasteiger partial charge in [0.15, 0.2) is 0 Å². The van der Waals surface area contributed by atoms with E-state index >= 15 is 0 Å². The van der Waals surface area contributed by atoms with Crippen molar-refractivity contribution in [2.45, 2.75) is 25.4 Å². The van der Waals surface area contributed by atoms with Crippen molar-refractivity contribution < 1.29 is 4.79 Å². The van der Waals surface area contributed by atoms with Crippen LogP contribution in [0, 0.1) is 0 Å². The first kappa shape index (κ1) is 15.8. The minimum Gasteiger partial charge on any atom is -0.336 e. The average Bonchev–Trinajstić information content (AvgIpc) is 2.97. The number of carbonyl (C=O) groups is 1. The molecule has 0 radical (unpaired) electrons. The number of nitrogens with zero attached hydrogens (tertiary/aromatic N) is 4. The van der Waals surface area contributed by atoms with Gasteiger partial charge in [0.2, 0.25) is 0 Å². The zero-order valence-corrected chi connectivity index (χ0v) is 13.6. The largest absolute Gasteiger partial charge is 0.336 e. The number of hydrogen-bond acceptors (Lipinski definition) is 4. The van der Waals surface area contributed by atoms with Crippen molar-refractivity contribution in [3.05, 3.63) is 32.6 Å². The molecule has 2 saturated heterocycles. The Morgan fingerprint density at radius 1 is 1.17 bits per heavy atom. The van der Waals surface area contributed by atoms with Crippen LogP contribution >= 0.6 is 0 Å². The third kappa shape index (κ3) is 3.03. The first-order chi connectivity index (χ1) is 11.0. The van der Waals surface area contributed by atoms with E-state index in [0.29, 0.717) is 18.8 Å². The maximum absolute atomic E-state index is 12.0. The van der Waals surface area contributed by atoms with E-state index in [0.717, 1.165) is 37.0 Å². The van der Waals surface area contributed by atoms with Crippen molar-refractivity contribution in [1.82, 2.24) is 24.3 Å². The van der Waals surface area contributed by atoms with E-state index in [4.69, 9.17) is 0 Å². The fourth-order valence-corrected chi connectivity index (χ4v) is 3.42. The van der Waals surface area contributed by atoms with Gasteiger partial charge in [-0.05, 0) is 19.4 Å². The second-order valence-corrected chi connectivity index (χ2v) is 6.33. The Labute approximate surface area is 134 Å². The van der Waals surface area contributed by atoms with Gasteiger partial charge in [0.05, 0.1) is 0 Å². The van der Waals surface area contributed by atoms with Gasteiger partial charge >= 0.3 is 11.7 Å². The van der Waals surface area contributed by atoms with Crippen LogP contribution in [0.1, 0.15) is 18.5 Å². The third-order valence-electron chi connectivity index (χ3n) is 4.82. The Morgan fingerprint density at radius 3 is 2.65 bits per heavy atom. The zero-order valence-electron chi connectivity index (χ0n) is 13.6. The van der Waals surface area contributed by atoms with Gasteiger partial charge in [0.25, 0.3) is 5.56 Å². The van der Waals surface area contributed by atoms with Gasteiger partial charge in [-0.25, -0.2) is 9.59 Å². The Hall–Kier alpha value is -2.09. The fraction of sp³-hybridized carbons (Fsp3) is 0.667. The smallest absolute Gasteiger partial charge is 0.330 e. The highest BCUT2D eigenvalue weighted by Crippen LogP contribution is 2.18. The van der Waals surface area contributed by atoms with Gasteiger partial charge in [0, 0.05) is 58.1 Å². The number of rotatable bonds is 3. The highest BCUT2D eigenvalue weighted by Gasteiger charge is 2.31. The van der Waals surface area contributed by atoms with Gasteiger partial charge in [-0.3, -0.25) is 18.8 Å². The van der Waals surface area contributed by atoms with Gasteiger partial charge in [0.1, 0.15) is 0 Å². The first-order valence-corrected chi connectivity index (χ1v) is 8.00. The molecule has 0 spiro atoms. The first-order valence-electron chi connectivity index (χ1n) is 8.00. The molecule has 1 N–H and O–H groups in total. The maximum atomic E-state index is 12.0. The summed E-state index contributed by atoms with van der Waals surface area (Å²) in [4.78, 5) is 39.8. The molecule has 1 aromatic heterocycles. The van der Waals surface area contributed by atoms with E-state index in [1.54, 1.807) is 7.05 Å². The minimum absolute atomic E-state index is 0.0119. The van der Waals surface area contributed by atoms with Crippen LogP contribution in [0.15, 0.2) is 15.7 Å². The molecule has 8 heteroatoms. The van der Waals surface area contributed by atoms with E-state index in [-0.39, 0.29) is 23.3 Å². The predicted octanol–water partition coefficient (Wildman–Crippen LogP) is -0.926. The number of hydrogen-bond donors (Lipinski definition) is 1. The molecule has 126 valence electrons. The molecule has 0 unspecified atom stereocenters. The standard InChI is InChI=1S/C15H23N5O3/c1-17-12(8-13(21)18(2)15(17)23)10-19-6-3-4-11(9-19)20-7-5-16-14(20)22/h8,11H,3-7,9-10H2,1-2H3,(H,16,22)/t11-/m0/s1. The van der Waals surface area contributed by atoms with Gasteiger partial charge in [-0.15, -0.1) is 0 Å². The summed E-state index contributed by atoms with van der Waals surface area (Å²) in [7, 11) is 3.17. The molecule has 0 bridgehead atoms. The van der Waals surface area contributed by atoms with Crippen molar-refractivity contribution in [2.24, 2.45) is 14.1 Å². The van der Waals surface area contributed by atoms with E-state index in [1.807, 2.05) is 4.90 Å². The molecule has 3 heterocycles. The molecule has 2 amide bonds. The maximum Gasteiger partial charge on any atom is 0.330 e. The summed E-state index contributed by atoms with van der Waals surface area (Å²) in [5.74, 6) is 0. The normalized spacial score (nSPS) is 22.4. The molecule has 1 aromatic rings. The van der Waals surface area contributed by atoms with Crippen LogP contribution in [0.5, 0.6) is 0 Å². The van der Waals surface area contributed by atoms with Crippen LogP contribution in [0.3, 0.4) is 0 Å². The molecule has 1 atom stereocenters. The Kier molecular flexibility index (Phi) is 4.25. The topological polar surface area (TPSA) is 79.6 Å². The Bertz CT molecular complexity index is 723. The van der Waals surface area contributed by atoms with Crippen LogP contribution in [0.2, 0.25) is 0 Å². The van der Waals surface area contributed by atoms with Crippen molar-refractivity contribution >= 4 is 6.03 Å². The zero-order chi connectivity index (χ0) is 16.6. The van der Waals surface area contributed by atoms with Crippen LogP contribution < -0.4 is 16.6 Å². The molecule has 2 fully saturated rings. The van der Waals surface area contributed by atoms with Crippen molar-refractivity contribution in [3.63, 3.8) is 0 Å². The summed E-state index contributed by atoms with van der Waals surface area (Å²) < 4.78 is 2.63. The van der Waals surface area contributed by atoms with Gasteiger partial charge in [-0.2, -0.15) is 0 Å². The van der Waals surface area contributed by atoms with Gasteiger partial charge in [-0.1, -0.05) is 0 Å². The fourth-order valence-electron chi connectivity index (χ4n) is 3.42.